The fraction of sp³-hybridized carbons (Fsp3) is 0.545. The minimum atomic E-state index is 0.518. The molecule has 0 aromatic carbocycles. The van der Waals surface area contributed by atoms with Crippen LogP contribution in [0.25, 0.3) is 0 Å². The first-order valence-electron chi connectivity index (χ1n) is 5.21. The molecule has 1 aliphatic rings. The van der Waals surface area contributed by atoms with Gasteiger partial charge in [0.15, 0.2) is 0 Å². The van der Waals surface area contributed by atoms with Gasteiger partial charge in [0.1, 0.15) is 12.4 Å². The third-order valence-electron chi connectivity index (χ3n) is 2.50. The van der Waals surface area contributed by atoms with Crippen molar-refractivity contribution in [2.24, 2.45) is 0 Å². The maximum absolute atomic E-state index is 5.62. The van der Waals surface area contributed by atoms with Crippen LogP contribution >= 0.6 is 0 Å². The van der Waals surface area contributed by atoms with Gasteiger partial charge in [-0.15, -0.1) is 0 Å². The first kappa shape index (κ1) is 9.46. The van der Waals surface area contributed by atoms with E-state index < -0.39 is 0 Å². The highest BCUT2D eigenvalue weighted by Gasteiger charge is 2.12. The largest absolute Gasteiger partial charge is 0.490 e. The molecule has 1 atom stereocenters. The van der Waals surface area contributed by atoms with E-state index in [1.807, 2.05) is 12.1 Å². The number of hydrogen-bond donors (Lipinski definition) is 1. The summed E-state index contributed by atoms with van der Waals surface area (Å²) in [5, 5.41) is 3.44. The van der Waals surface area contributed by atoms with Crippen molar-refractivity contribution in [3.05, 3.63) is 24.5 Å². The first-order chi connectivity index (χ1) is 6.95. The van der Waals surface area contributed by atoms with Crippen LogP contribution in [0.5, 0.6) is 5.75 Å². The number of rotatable bonds is 3. The van der Waals surface area contributed by atoms with E-state index >= 15 is 0 Å². The number of nitrogens with zero attached hydrogens (tertiary/aromatic N) is 1. The van der Waals surface area contributed by atoms with Gasteiger partial charge in [0, 0.05) is 12.2 Å². The lowest BCUT2D eigenvalue weighted by Gasteiger charge is -2.23. The van der Waals surface area contributed by atoms with Gasteiger partial charge in [0.2, 0.25) is 0 Å². The molecule has 1 unspecified atom stereocenters. The molecule has 0 saturated carbocycles. The Morgan fingerprint density at radius 1 is 1.50 bits per heavy atom. The van der Waals surface area contributed by atoms with E-state index in [0.717, 1.165) is 18.9 Å². The number of piperidine rings is 1. The van der Waals surface area contributed by atoms with Crippen molar-refractivity contribution in [3.63, 3.8) is 0 Å². The average molecular weight is 192 g/mol. The Labute approximate surface area is 84.5 Å². The van der Waals surface area contributed by atoms with E-state index in [0.29, 0.717) is 6.04 Å². The fourth-order valence-corrected chi connectivity index (χ4v) is 1.70. The predicted molar refractivity (Wildman–Crippen MR) is 55.4 cm³/mol. The molecule has 1 aromatic heterocycles. The van der Waals surface area contributed by atoms with E-state index in [-0.39, 0.29) is 0 Å². The van der Waals surface area contributed by atoms with Gasteiger partial charge in [-0.25, -0.2) is 0 Å². The first-order valence-corrected chi connectivity index (χ1v) is 5.21. The third-order valence-corrected chi connectivity index (χ3v) is 2.50. The second kappa shape index (κ2) is 4.96. The van der Waals surface area contributed by atoms with Gasteiger partial charge in [0.05, 0.1) is 6.20 Å². The summed E-state index contributed by atoms with van der Waals surface area (Å²) in [6.45, 7) is 1.88. The summed E-state index contributed by atoms with van der Waals surface area (Å²) < 4.78 is 5.62. The van der Waals surface area contributed by atoms with E-state index in [4.69, 9.17) is 4.74 Å². The molecule has 1 saturated heterocycles. The lowest BCUT2D eigenvalue weighted by atomic mass is 10.1. The molecule has 76 valence electrons. The Morgan fingerprint density at radius 2 is 2.50 bits per heavy atom. The monoisotopic (exact) mass is 192 g/mol. The lowest BCUT2D eigenvalue weighted by Crippen LogP contribution is -2.38. The van der Waals surface area contributed by atoms with Gasteiger partial charge >= 0.3 is 0 Å². The smallest absolute Gasteiger partial charge is 0.137 e. The number of nitrogens with one attached hydrogen (secondary N) is 1. The Morgan fingerprint density at radius 3 is 3.21 bits per heavy atom. The molecule has 0 spiro atoms. The minimum absolute atomic E-state index is 0.518. The Bertz CT molecular complexity index is 257. The fourth-order valence-electron chi connectivity index (χ4n) is 1.70. The molecule has 1 aliphatic heterocycles. The number of hydrogen-bond acceptors (Lipinski definition) is 3. The Kier molecular flexibility index (Phi) is 3.35. The third kappa shape index (κ3) is 2.70. The van der Waals surface area contributed by atoms with Gasteiger partial charge < -0.3 is 10.1 Å². The molecule has 2 rings (SSSR count). The molecular weight excluding hydrogens is 176 g/mol. The molecule has 0 amide bonds. The van der Waals surface area contributed by atoms with Crippen molar-refractivity contribution in [1.82, 2.24) is 10.3 Å². The van der Waals surface area contributed by atoms with E-state index in [9.17, 15) is 0 Å². The number of aromatic nitrogens is 1. The zero-order valence-electron chi connectivity index (χ0n) is 8.28. The minimum Gasteiger partial charge on any atom is -0.490 e. The topological polar surface area (TPSA) is 34.1 Å². The zero-order valence-corrected chi connectivity index (χ0v) is 8.28. The molecule has 1 N–H and O–H groups in total. The number of ether oxygens (including phenoxy) is 1. The van der Waals surface area contributed by atoms with Crippen molar-refractivity contribution < 1.29 is 4.74 Å². The summed E-state index contributed by atoms with van der Waals surface area (Å²) in [7, 11) is 0. The molecule has 0 radical (unpaired) electrons. The van der Waals surface area contributed by atoms with E-state index in [2.05, 4.69) is 10.3 Å². The summed E-state index contributed by atoms with van der Waals surface area (Å²) in [6.07, 6.45) is 7.34. The summed E-state index contributed by atoms with van der Waals surface area (Å²) in [6, 6.07) is 4.35. The molecule has 2 heterocycles. The summed E-state index contributed by atoms with van der Waals surface area (Å²) >= 11 is 0. The molecule has 14 heavy (non-hydrogen) atoms. The van der Waals surface area contributed by atoms with Crippen LogP contribution in [0.2, 0.25) is 0 Å². The molecular formula is C11H16N2O. The molecule has 0 aliphatic carbocycles. The highest BCUT2D eigenvalue weighted by molar-refractivity contribution is 5.15. The van der Waals surface area contributed by atoms with Crippen LogP contribution in [-0.2, 0) is 0 Å². The van der Waals surface area contributed by atoms with E-state index in [1.54, 1.807) is 12.4 Å². The Balaban J connectivity index is 1.76. The van der Waals surface area contributed by atoms with Crippen molar-refractivity contribution in [3.8, 4) is 5.75 Å². The van der Waals surface area contributed by atoms with E-state index in [1.165, 1.54) is 19.3 Å². The summed E-state index contributed by atoms with van der Waals surface area (Å²) in [4.78, 5) is 4.00. The van der Waals surface area contributed by atoms with Gasteiger partial charge in [-0.3, -0.25) is 4.98 Å². The van der Waals surface area contributed by atoms with Crippen LogP contribution in [0.3, 0.4) is 0 Å². The maximum Gasteiger partial charge on any atom is 0.137 e. The standard InChI is InChI=1S/C11H16N2O/c1-2-7-13-10(4-1)9-14-11-5-3-6-12-8-11/h3,5-6,8,10,13H,1-2,4,7,9H2. The van der Waals surface area contributed by atoms with Crippen LogP contribution in [0.1, 0.15) is 19.3 Å². The predicted octanol–water partition coefficient (Wildman–Crippen LogP) is 1.60. The van der Waals surface area contributed by atoms with Crippen molar-refractivity contribution in [2.45, 2.75) is 25.3 Å². The van der Waals surface area contributed by atoms with Crippen molar-refractivity contribution in [2.75, 3.05) is 13.2 Å². The van der Waals surface area contributed by atoms with Gasteiger partial charge in [-0.1, -0.05) is 6.42 Å². The second-order valence-corrected chi connectivity index (χ2v) is 3.65. The molecule has 3 nitrogen and oxygen atoms in total. The average Bonchev–Trinajstić information content (AvgIpc) is 2.29. The van der Waals surface area contributed by atoms with Crippen LogP contribution in [0, 0.1) is 0 Å². The maximum atomic E-state index is 5.62. The Hall–Kier alpha value is -1.09. The quantitative estimate of drug-likeness (QED) is 0.790. The zero-order chi connectivity index (χ0) is 9.64. The highest BCUT2D eigenvalue weighted by Crippen LogP contribution is 2.10. The highest BCUT2D eigenvalue weighted by atomic mass is 16.5. The molecule has 1 fully saturated rings. The van der Waals surface area contributed by atoms with Gasteiger partial charge in [0.25, 0.3) is 0 Å². The number of pyridine rings is 1. The molecule has 1 aromatic rings. The van der Waals surface area contributed by atoms with Crippen LogP contribution in [0.15, 0.2) is 24.5 Å². The van der Waals surface area contributed by atoms with Crippen molar-refractivity contribution >= 4 is 0 Å². The summed E-state index contributed by atoms with van der Waals surface area (Å²) in [5.41, 5.74) is 0. The molecule has 3 heteroatoms. The molecule has 0 bridgehead atoms. The summed E-state index contributed by atoms with van der Waals surface area (Å²) in [5.74, 6) is 0.861. The lowest BCUT2D eigenvalue weighted by molar-refractivity contribution is 0.238. The van der Waals surface area contributed by atoms with Crippen LogP contribution in [-0.4, -0.2) is 24.2 Å². The van der Waals surface area contributed by atoms with Gasteiger partial charge in [-0.2, -0.15) is 0 Å². The normalized spacial score (nSPS) is 21.9. The second-order valence-electron chi connectivity index (χ2n) is 3.65. The van der Waals surface area contributed by atoms with Crippen LogP contribution < -0.4 is 10.1 Å². The van der Waals surface area contributed by atoms with Crippen LogP contribution in [0.4, 0.5) is 0 Å². The SMILES string of the molecule is c1cncc(OCC2CCCCN2)c1. The van der Waals surface area contributed by atoms with Crippen molar-refractivity contribution in [1.29, 1.82) is 0 Å². The van der Waals surface area contributed by atoms with Gasteiger partial charge in [-0.05, 0) is 31.5 Å².